The number of nitrogens with one attached hydrogen (secondary N) is 2. The number of ether oxygens (including phenoxy) is 1. The van der Waals surface area contributed by atoms with E-state index in [2.05, 4.69) is 10.6 Å². The fourth-order valence-electron chi connectivity index (χ4n) is 3.89. The number of amides is 2. The number of anilines is 2. The highest BCUT2D eigenvalue weighted by Gasteiger charge is 2.40. The molecule has 164 valence electrons. The van der Waals surface area contributed by atoms with Crippen LogP contribution in [0.2, 0.25) is 0 Å². The van der Waals surface area contributed by atoms with Gasteiger partial charge >= 0.3 is 0 Å². The first-order chi connectivity index (χ1) is 14.7. The van der Waals surface area contributed by atoms with Crippen LogP contribution in [0, 0.1) is 19.7 Å². The summed E-state index contributed by atoms with van der Waals surface area (Å²) >= 11 is 0. The maximum atomic E-state index is 13.4. The van der Waals surface area contributed by atoms with E-state index >= 15 is 0 Å². The van der Waals surface area contributed by atoms with Gasteiger partial charge in [-0.3, -0.25) is 9.59 Å². The fraction of sp³-hybridized carbons (Fsp3) is 0.333. The van der Waals surface area contributed by atoms with E-state index in [1.165, 1.54) is 28.6 Å². The third-order valence-corrected chi connectivity index (χ3v) is 7.50. The number of rotatable bonds is 4. The lowest BCUT2D eigenvalue weighted by atomic mass is 10.1. The van der Waals surface area contributed by atoms with Crippen molar-refractivity contribution in [1.82, 2.24) is 4.31 Å². The third-order valence-electron chi connectivity index (χ3n) is 5.45. The zero-order chi connectivity index (χ0) is 22.3. The van der Waals surface area contributed by atoms with Crippen LogP contribution < -0.4 is 15.4 Å². The van der Waals surface area contributed by atoms with Crippen LogP contribution in [0.3, 0.4) is 0 Å². The van der Waals surface area contributed by atoms with Crippen LogP contribution in [0.25, 0.3) is 0 Å². The maximum absolute atomic E-state index is 13.4. The second-order valence-corrected chi connectivity index (χ2v) is 9.53. The number of hydrogen-bond acceptors (Lipinski definition) is 5. The summed E-state index contributed by atoms with van der Waals surface area (Å²) in [5, 5.41) is 5.37. The van der Waals surface area contributed by atoms with Crippen LogP contribution in [0.15, 0.2) is 35.2 Å². The van der Waals surface area contributed by atoms with Gasteiger partial charge in [-0.2, -0.15) is 4.31 Å². The maximum Gasteiger partial charge on any atom is 0.262 e. The largest absolute Gasteiger partial charge is 0.482 e. The van der Waals surface area contributed by atoms with Crippen LogP contribution in [-0.2, 0) is 19.6 Å². The molecule has 2 aliphatic heterocycles. The monoisotopic (exact) mass is 447 g/mol. The summed E-state index contributed by atoms with van der Waals surface area (Å²) in [4.78, 5) is 24.4. The molecule has 2 N–H and O–H groups in total. The number of carbonyl (C=O) groups excluding carboxylic acids is 2. The predicted molar refractivity (Wildman–Crippen MR) is 112 cm³/mol. The highest BCUT2D eigenvalue weighted by atomic mass is 32.2. The van der Waals surface area contributed by atoms with Gasteiger partial charge < -0.3 is 15.4 Å². The Morgan fingerprint density at radius 1 is 1.23 bits per heavy atom. The third kappa shape index (κ3) is 4.00. The Hall–Kier alpha value is -2.98. The number of aryl methyl sites for hydroxylation is 2. The van der Waals surface area contributed by atoms with Crippen LogP contribution >= 0.6 is 0 Å². The Kier molecular flexibility index (Phi) is 5.44. The summed E-state index contributed by atoms with van der Waals surface area (Å²) in [7, 11) is -4.00. The molecule has 0 bridgehead atoms. The van der Waals surface area contributed by atoms with Crippen molar-refractivity contribution in [2.24, 2.45) is 0 Å². The van der Waals surface area contributed by atoms with Crippen molar-refractivity contribution in [2.75, 3.05) is 23.8 Å². The Balaban J connectivity index is 1.62. The molecule has 1 atom stereocenters. The van der Waals surface area contributed by atoms with E-state index in [1.807, 2.05) is 0 Å². The molecule has 2 aromatic rings. The lowest BCUT2D eigenvalue weighted by Crippen LogP contribution is -2.43. The molecule has 2 heterocycles. The smallest absolute Gasteiger partial charge is 0.262 e. The summed E-state index contributed by atoms with van der Waals surface area (Å²) in [6.07, 6.45) is 0.915. The number of fused-ring (bicyclic) bond motifs is 1. The summed E-state index contributed by atoms with van der Waals surface area (Å²) in [6.45, 7) is 3.30. The summed E-state index contributed by atoms with van der Waals surface area (Å²) in [5.41, 5.74) is 1.83. The predicted octanol–water partition coefficient (Wildman–Crippen LogP) is 2.57. The normalized spacial score (nSPS) is 18.8. The van der Waals surface area contributed by atoms with Crippen LogP contribution in [0.4, 0.5) is 15.8 Å². The zero-order valence-electron chi connectivity index (χ0n) is 17.1. The molecule has 1 saturated heterocycles. The molecule has 31 heavy (non-hydrogen) atoms. The molecule has 1 fully saturated rings. The molecule has 10 heteroatoms. The van der Waals surface area contributed by atoms with E-state index in [4.69, 9.17) is 4.74 Å². The van der Waals surface area contributed by atoms with Crippen molar-refractivity contribution < 1.29 is 27.1 Å². The van der Waals surface area contributed by atoms with Crippen molar-refractivity contribution >= 4 is 33.2 Å². The van der Waals surface area contributed by atoms with Crippen molar-refractivity contribution in [3.63, 3.8) is 0 Å². The Morgan fingerprint density at radius 2 is 2.00 bits per heavy atom. The molecule has 0 radical (unpaired) electrons. The van der Waals surface area contributed by atoms with Crippen molar-refractivity contribution in [3.8, 4) is 5.75 Å². The molecule has 0 aromatic heterocycles. The number of halogens is 1. The number of sulfonamides is 1. The Bertz CT molecular complexity index is 1180. The van der Waals surface area contributed by atoms with E-state index in [1.54, 1.807) is 19.9 Å². The van der Waals surface area contributed by atoms with Gasteiger partial charge in [0.1, 0.15) is 17.6 Å². The fourth-order valence-corrected chi connectivity index (χ4v) is 5.77. The Morgan fingerprint density at radius 3 is 2.74 bits per heavy atom. The van der Waals surface area contributed by atoms with Crippen molar-refractivity contribution in [2.45, 2.75) is 37.6 Å². The molecule has 0 aliphatic carbocycles. The second-order valence-electron chi connectivity index (χ2n) is 7.67. The average molecular weight is 447 g/mol. The van der Waals surface area contributed by atoms with Gasteiger partial charge in [0.15, 0.2) is 6.61 Å². The summed E-state index contributed by atoms with van der Waals surface area (Å²) in [6, 6.07) is 6.04. The quantitative estimate of drug-likeness (QED) is 0.750. The second kappa shape index (κ2) is 7.93. The first-order valence-electron chi connectivity index (χ1n) is 9.83. The zero-order valence-corrected chi connectivity index (χ0v) is 17.9. The summed E-state index contributed by atoms with van der Waals surface area (Å²) < 4.78 is 46.8. The average Bonchev–Trinajstić information content (AvgIpc) is 3.20. The molecule has 0 spiro atoms. The lowest BCUT2D eigenvalue weighted by molar-refractivity contribution is -0.119. The van der Waals surface area contributed by atoms with Gasteiger partial charge in [-0.15, -0.1) is 0 Å². The van der Waals surface area contributed by atoms with E-state index in [0.29, 0.717) is 35.3 Å². The van der Waals surface area contributed by atoms with E-state index in [0.717, 1.165) is 0 Å². The molecule has 2 aliphatic rings. The van der Waals surface area contributed by atoms with Gasteiger partial charge in [-0.1, -0.05) is 0 Å². The highest BCUT2D eigenvalue weighted by molar-refractivity contribution is 7.89. The minimum atomic E-state index is -4.00. The molecule has 0 unspecified atom stereocenters. The highest BCUT2D eigenvalue weighted by Crippen LogP contribution is 2.36. The van der Waals surface area contributed by atoms with E-state index in [-0.39, 0.29) is 29.7 Å². The van der Waals surface area contributed by atoms with Crippen LogP contribution in [-0.4, -0.2) is 43.7 Å². The molecular formula is C21H22FN3O5S. The van der Waals surface area contributed by atoms with Crippen LogP contribution in [0.1, 0.15) is 24.0 Å². The van der Waals surface area contributed by atoms with Crippen molar-refractivity contribution in [1.29, 1.82) is 0 Å². The number of carbonyl (C=O) groups is 2. The van der Waals surface area contributed by atoms with Gasteiger partial charge in [0, 0.05) is 18.3 Å². The standard InChI is InChI=1S/C21H22FN3O5S/c1-12-8-14(22)5-6-15(12)24-21(27)17-4-3-7-25(17)31(28,29)19-10-18-16(9-13(19)2)23-20(26)11-30-18/h5-6,8-10,17H,3-4,7,11H2,1-2H3,(H,23,26)(H,24,27)/t17-/m0/s1. The van der Waals surface area contributed by atoms with E-state index < -0.39 is 27.8 Å². The van der Waals surface area contributed by atoms with Gasteiger partial charge in [-0.05, 0) is 62.1 Å². The SMILES string of the molecule is Cc1cc(F)ccc1NC(=O)[C@@H]1CCCN1S(=O)(=O)c1cc2c(cc1C)NC(=O)CO2. The minimum absolute atomic E-state index is 0.0278. The van der Waals surface area contributed by atoms with Crippen LogP contribution in [0.5, 0.6) is 5.75 Å². The number of hydrogen-bond donors (Lipinski definition) is 2. The van der Waals surface area contributed by atoms with Gasteiger partial charge in [0.05, 0.1) is 10.6 Å². The first kappa shape index (κ1) is 21.3. The molecule has 4 rings (SSSR count). The minimum Gasteiger partial charge on any atom is -0.482 e. The first-order valence-corrected chi connectivity index (χ1v) is 11.3. The number of benzene rings is 2. The topological polar surface area (TPSA) is 105 Å². The van der Waals surface area contributed by atoms with Gasteiger partial charge in [0.2, 0.25) is 15.9 Å². The van der Waals surface area contributed by atoms with Crippen molar-refractivity contribution in [3.05, 3.63) is 47.3 Å². The molecule has 2 amide bonds. The van der Waals surface area contributed by atoms with E-state index in [9.17, 15) is 22.4 Å². The molecule has 2 aromatic carbocycles. The number of nitrogens with zero attached hydrogens (tertiary/aromatic N) is 1. The van der Waals surface area contributed by atoms with Gasteiger partial charge in [0.25, 0.3) is 5.91 Å². The molecule has 8 nitrogen and oxygen atoms in total. The van der Waals surface area contributed by atoms with Gasteiger partial charge in [-0.25, -0.2) is 12.8 Å². The molecular weight excluding hydrogens is 425 g/mol. The Labute approximate surface area is 179 Å². The lowest BCUT2D eigenvalue weighted by Gasteiger charge is -2.26. The summed E-state index contributed by atoms with van der Waals surface area (Å²) in [5.74, 6) is -0.919. The molecule has 0 saturated carbocycles.